The molecule has 1 saturated heterocycles. The first-order chi connectivity index (χ1) is 28.5. The number of alkyl halides is 3. The van der Waals surface area contributed by atoms with Gasteiger partial charge in [-0.2, -0.15) is 23.5 Å². The van der Waals surface area contributed by atoms with E-state index in [1.807, 2.05) is 0 Å². The number of nitrogens with zero attached hydrogens (tertiary/aromatic N) is 7. The molecule has 2 amide bonds. The van der Waals surface area contributed by atoms with Crippen LogP contribution in [0.3, 0.4) is 0 Å². The number of nitriles is 1. The summed E-state index contributed by atoms with van der Waals surface area (Å²) in [5.41, 5.74) is -0.952. The fourth-order valence-electron chi connectivity index (χ4n) is 7.67. The quantitative estimate of drug-likeness (QED) is 0.128. The highest BCUT2D eigenvalue weighted by Gasteiger charge is 2.51. The maximum absolute atomic E-state index is 15.6. The SMILES string of the molecule is Cn1ncnc1[C@H]1C2=NCC(=O)c3cc(F)cc(c32)NC1c1ccc(OC(=O)NCc2ccc(N3C(=S)N(c4ccc(C#N)c(C(F)(F)F)c4)C(=O)C3(C)C)cc2F)cc1. The van der Waals surface area contributed by atoms with Crippen LogP contribution in [0.4, 0.5) is 43.8 Å². The van der Waals surface area contributed by atoms with E-state index in [4.69, 9.17) is 17.0 Å². The van der Waals surface area contributed by atoms with E-state index in [0.29, 0.717) is 34.4 Å². The van der Waals surface area contributed by atoms with Crippen LogP contribution < -0.4 is 25.2 Å². The lowest BCUT2D eigenvalue weighted by Gasteiger charge is -2.37. The van der Waals surface area contributed by atoms with Crippen LogP contribution in [0.1, 0.15) is 69.8 Å². The lowest BCUT2D eigenvalue weighted by atomic mass is 9.78. The molecule has 4 heterocycles. The molecule has 1 aromatic heterocycles. The van der Waals surface area contributed by atoms with E-state index in [1.165, 1.54) is 61.5 Å². The summed E-state index contributed by atoms with van der Waals surface area (Å²) in [5.74, 6) is -2.17. The molecule has 13 nitrogen and oxygen atoms in total. The number of benzene rings is 4. The molecule has 3 aliphatic heterocycles. The molecule has 0 saturated carbocycles. The minimum Gasteiger partial charge on any atom is -0.410 e. The van der Waals surface area contributed by atoms with Gasteiger partial charge in [0.2, 0.25) is 0 Å². The molecule has 0 radical (unpaired) electrons. The Labute approximate surface area is 343 Å². The van der Waals surface area contributed by atoms with Crippen LogP contribution >= 0.6 is 12.2 Å². The number of aliphatic imine (C=N–C) groups is 1. The predicted molar refractivity (Wildman–Crippen MR) is 211 cm³/mol. The van der Waals surface area contributed by atoms with Crippen molar-refractivity contribution in [3.8, 4) is 11.8 Å². The van der Waals surface area contributed by atoms with Gasteiger partial charge in [0.05, 0.1) is 40.6 Å². The third-order valence-corrected chi connectivity index (χ3v) is 10.9. The highest BCUT2D eigenvalue weighted by Crippen LogP contribution is 2.45. The standard InChI is InChI=1S/C41H30F5N9O4S/c1-40(2)37(57)54(24-8-4-21(16-47)28(14-24)41(44,45)46)39(60)55(40)25-9-5-22(29(43)15-25)17-49-38(58)59-26-10-6-20(7-11-26)34-33(36-50-19-51-53(36)3)35-32-27(31(56)18-48-35)12-23(42)13-30(32)52-34/h4-15,19,33-34,52H,17-18H2,1-3H3,(H,49,58)/t33-,34?/m1/s1. The largest absolute Gasteiger partial charge is 0.417 e. The van der Waals surface area contributed by atoms with E-state index in [9.17, 15) is 37.2 Å². The van der Waals surface area contributed by atoms with E-state index < -0.39 is 58.4 Å². The molecule has 8 rings (SSSR count). The first-order valence-electron chi connectivity index (χ1n) is 18.1. The van der Waals surface area contributed by atoms with Gasteiger partial charge in [0.15, 0.2) is 10.9 Å². The average molecular weight is 840 g/mol. The van der Waals surface area contributed by atoms with Gasteiger partial charge in [-0.3, -0.25) is 24.2 Å². The number of carbonyl (C=O) groups is 3. The van der Waals surface area contributed by atoms with Gasteiger partial charge in [0, 0.05) is 41.7 Å². The Morgan fingerprint density at radius 3 is 2.45 bits per heavy atom. The molecule has 60 heavy (non-hydrogen) atoms. The van der Waals surface area contributed by atoms with Crippen molar-refractivity contribution in [2.45, 2.75) is 44.1 Å². The van der Waals surface area contributed by atoms with Gasteiger partial charge in [-0.15, -0.1) is 0 Å². The second kappa shape index (κ2) is 14.6. The molecule has 1 fully saturated rings. The summed E-state index contributed by atoms with van der Waals surface area (Å²) in [7, 11) is 1.73. The maximum atomic E-state index is 15.6. The Hall–Kier alpha value is -7.07. The Bertz CT molecular complexity index is 2730. The summed E-state index contributed by atoms with van der Waals surface area (Å²) in [5, 5.41) is 19.0. The third kappa shape index (κ3) is 6.77. The molecular formula is C41H30F5N9O4S. The summed E-state index contributed by atoms with van der Waals surface area (Å²) in [6, 6.07) is 16.7. The molecule has 5 aromatic rings. The number of rotatable bonds is 7. The number of ether oxygens (including phenoxy) is 1. The van der Waals surface area contributed by atoms with Crippen molar-refractivity contribution in [2.75, 3.05) is 21.7 Å². The first-order valence-corrected chi connectivity index (χ1v) is 18.5. The lowest BCUT2D eigenvalue weighted by Crippen LogP contribution is -2.44. The molecule has 2 atom stereocenters. The number of aromatic nitrogens is 3. The zero-order valence-electron chi connectivity index (χ0n) is 31.6. The summed E-state index contributed by atoms with van der Waals surface area (Å²) in [6.45, 7) is 2.51. The Kier molecular flexibility index (Phi) is 9.70. The number of carbonyl (C=O) groups excluding carboxylic acids is 3. The van der Waals surface area contributed by atoms with Crippen LogP contribution in [0, 0.1) is 23.0 Å². The van der Waals surface area contributed by atoms with Crippen molar-refractivity contribution in [3.63, 3.8) is 0 Å². The second-order valence-electron chi connectivity index (χ2n) is 14.6. The number of aryl methyl sites for hydroxylation is 1. The smallest absolute Gasteiger partial charge is 0.410 e. The zero-order valence-corrected chi connectivity index (χ0v) is 32.5. The predicted octanol–water partition coefficient (Wildman–Crippen LogP) is 7.13. The zero-order chi connectivity index (χ0) is 42.8. The van der Waals surface area contributed by atoms with Crippen molar-refractivity contribution in [1.82, 2.24) is 20.1 Å². The van der Waals surface area contributed by atoms with E-state index >= 15 is 4.39 Å². The first kappa shape index (κ1) is 39.7. The van der Waals surface area contributed by atoms with Gasteiger partial charge in [0.25, 0.3) is 5.91 Å². The van der Waals surface area contributed by atoms with E-state index in [0.717, 1.165) is 17.0 Å². The number of amides is 2. The van der Waals surface area contributed by atoms with Crippen LogP contribution in [-0.4, -0.2) is 55.5 Å². The molecule has 3 aliphatic rings. The summed E-state index contributed by atoms with van der Waals surface area (Å²) < 4.78 is 78.5. The number of anilines is 3. The molecule has 2 N–H and O–H groups in total. The topological polar surface area (TPSA) is 158 Å². The second-order valence-corrected chi connectivity index (χ2v) is 15.0. The average Bonchev–Trinajstić information content (AvgIpc) is 3.70. The van der Waals surface area contributed by atoms with Crippen LogP contribution in [0.5, 0.6) is 5.75 Å². The number of nitrogens with one attached hydrogen (secondary N) is 2. The molecule has 0 spiro atoms. The molecule has 304 valence electrons. The van der Waals surface area contributed by atoms with Gasteiger partial charge in [0.1, 0.15) is 41.6 Å². The number of hydrogen-bond donors (Lipinski definition) is 2. The van der Waals surface area contributed by atoms with Gasteiger partial charge in [-0.25, -0.2) is 18.6 Å². The highest BCUT2D eigenvalue weighted by molar-refractivity contribution is 7.81. The molecule has 1 unspecified atom stereocenters. The molecule has 4 aromatic carbocycles. The van der Waals surface area contributed by atoms with Gasteiger partial charge in [-0.05, 0) is 86.2 Å². The Balaban J connectivity index is 0.959. The number of thiocarbonyl (C=S) groups is 1. The lowest BCUT2D eigenvalue weighted by molar-refractivity contribution is -0.137. The van der Waals surface area contributed by atoms with Crippen LogP contribution in [-0.2, 0) is 24.6 Å². The van der Waals surface area contributed by atoms with Gasteiger partial charge < -0.3 is 20.3 Å². The highest BCUT2D eigenvalue weighted by atomic mass is 32.1. The number of halogens is 5. The number of hydrogen-bond acceptors (Lipinski definition) is 10. The number of Topliss-reactive ketones (excluding diaryl/α,β-unsaturated/α-hetero) is 1. The van der Waals surface area contributed by atoms with Crippen LogP contribution in [0.2, 0.25) is 0 Å². The maximum Gasteiger partial charge on any atom is 0.417 e. The van der Waals surface area contributed by atoms with Crippen molar-refractivity contribution in [2.24, 2.45) is 12.0 Å². The van der Waals surface area contributed by atoms with Crippen LogP contribution in [0.15, 0.2) is 84.1 Å². The molecule has 0 bridgehead atoms. The van der Waals surface area contributed by atoms with Gasteiger partial charge in [-0.1, -0.05) is 18.2 Å². The van der Waals surface area contributed by atoms with Crippen molar-refractivity contribution >= 4 is 57.9 Å². The van der Waals surface area contributed by atoms with E-state index in [-0.39, 0.29) is 52.2 Å². The van der Waals surface area contributed by atoms with Crippen LogP contribution in [0.25, 0.3) is 0 Å². The van der Waals surface area contributed by atoms with Gasteiger partial charge >= 0.3 is 12.3 Å². The summed E-state index contributed by atoms with van der Waals surface area (Å²) in [6.07, 6.45) is -4.38. The molecule has 19 heteroatoms. The Morgan fingerprint density at radius 1 is 1.05 bits per heavy atom. The van der Waals surface area contributed by atoms with Crippen molar-refractivity contribution in [3.05, 3.63) is 130 Å². The fourth-order valence-corrected chi connectivity index (χ4v) is 8.19. The number of ketones is 1. The van der Waals surface area contributed by atoms with E-state index in [1.54, 1.807) is 36.0 Å². The van der Waals surface area contributed by atoms with E-state index in [2.05, 4.69) is 25.7 Å². The van der Waals surface area contributed by atoms with Crippen molar-refractivity contribution in [1.29, 1.82) is 5.26 Å². The normalized spacial score (nSPS) is 18.1. The van der Waals surface area contributed by atoms with Crippen molar-refractivity contribution < 1.29 is 41.1 Å². The third-order valence-electron chi connectivity index (χ3n) is 10.5. The monoisotopic (exact) mass is 839 g/mol. The fraction of sp³-hybridized carbons (Fsp3) is 0.220. The summed E-state index contributed by atoms with van der Waals surface area (Å²) in [4.78, 5) is 50.4. The molecule has 0 aliphatic carbocycles. The Morgan fingerprint density at radius 2 is 1.78 bits per heavy atom. The minimum atomic E-state index is -4.88. The molecular weight excluding hydrogens is 810 g/mol. The summed E-state index contributed by atoms with van der Waals surface area (Å²) >= 11 is 5.54. The minimum absolute atomic E-state index is 0.0458.